The molecule has 0 saturated carbocycles. The summed E-state index contributed by atoms with van der Waals surface area (Å²) < 4.78 is 38.3. The molecule has 1 aliphatic rings. The van der Waals surface area contributed by atoms with Crippen LogP contribution >= 0.6 is 0 Å². The van der Waals surface area contributed by atoms with Crippen molar-refractivity contribution in [3.63, 3.8) is 0 Å². The first-order valence-electron chi connectivity index (χ1n) is 11.9. The van der Waals surface area contributed by atoms with Gasteiger partial charge in [-0.1, -0.05) is 19.9 Å². The number of nitrogens with zero attached hydrogens (tertiary/aromatic N) is 5. The lowest BCUT2D eigenvalue weighted by atomic mass is 10.1. The molecule has 184 valence electrons. The van der Waals surface area contributed by atoms with Crippen LogP contribution in [0.25, 0.3) is 38.6 Å². The van der Waals surface area contributed by atoms with Crippen molar-refractivity contribution in [2.45, 2.75) is 32.7 Å². The van der Waals surface area contributed by atoms with Crippen molar-refractivity contribution >= 4 is 44.4 Å². The van der Waals surface area contributed by atoms with Crippen LogP contribution in [0.3, 0.4) is 0 Å². The Labute approximate surface area is 204 Å². The fourth-order valence-corrected chi connectivity index (χ4v) is 4.98. The SMILES string of the molecule is CC(C)c1nccc2oc3cccc(F)c3c3nc4c(cc3F)c(N3CCNC[C@@H]3C)nc(=O)n4c12. The number of hydrogen-bond acceptors (Lipinski definition) is 7. The molecule has 8 nitrogen and oxygen atoms in total. The zero-order chi connectivity index (χ0) is 25.1. The first kappa shape index (κ1) is 22.5. The molecule has 1 aliphatic heterocycles. The van der Waals surface area contributed by atoms with Crippen molar-refractivity contribution in [3.05, 3.63) is 64.3 Å². The van der Waals surface area contributed by atoms with Gasteiger partial charge < -0.3 is 14.6 Å². The van der Waals surface area contributed by atoms with Gasteiger partial charge in [-0.05, 0) is 31.0 Å². The van der Waals surface area contributed by atoms with E-state index in [1.807, 2.05) is 25.7 Å². The molecule has 5 aromatic rings. The highest BCUT2D eigenvalue weighted by molar-refractivity contribution is 5.99. The molecule has 1 saturated heterocycles. The van der Waals surface area contributed by atoms with Crippen LogP contribution < -0.4 is 15.9 Å². The van der Waals surface area contributed by atoms with Crippen LogP contribution in [0.2, 0.25) is 0 Å². The first-order valence-corrected chi connectivity index (χ1v) is 11.9. The fourth-order valence-electron chi connectivity index (χ4n) is 4.98. The summed E-state index contributed by atoms with van der Waals surface area (Å²) in [7, 11) is 0. The number of aromatic nitrogens is 4. The van der Waals surface area contributed by atoms with E-state index < -0.39 is 17.3 Å². The van der Waals surface area contributed by atoms with Gasteiger partial charge in [0.25, 0.3) is 0 Å². The predicted molar refractivity (Wildman–Crippen MR) is 134 cm³/mol. The summed E-state index contributed by atoms with van der Waals surface area (Å²) in [6.07, 6.45) is 1.57. The van der Waals surface area contributed by atoms with E-state index in [0.29, 0.717) is 42.0 Å². The van der Waals surface area contributed by atoms with Crippen molar-refractivity contribution in [1.82, 2.24) is 24.7 Å². The number of fused-ring (bicyclic) bond motifs is 5. The van der Waals surface area contributed by atoms with Crippen LogP contribution in [0.1, 0.15) is 32.4 Å². The van der Waals surface area contributed by atoms with Crippen molar-refractivity contribution in [2.75, 3.05) is 24.5 Å². The van der Waals surface area contributed by atoms with E-state index in [1.54, 1.807) is 18.3 Å². The molecule has 0 aliphatic carbocycles. The Morgan fingerprint density at radius 2 is 1.97 bits per heavy atom. The molecule has 0 radical (unpaired) electrons. The van der Waals surface area contributed by atoms with E-state index in [0.717, 1.165) is 0 Å². The topological polar surface area (TPSA) is 88.6 Å². The first-order chi connectivity index (χ1) is 17.3. The van der Waals surface area contributed by atoms with Crippen LogP contribution in [0.4, 0.5) is 14.6 Å². The molecule has 0 unspecified atom stereocenters. The van der Waals surface area contributed by atoms with E-state index >= 15 is 8.78 Å². The maximum atomic E-state index is 15.7. The van der Waals surface area contributed by atoms with E-state index in [4.69, 9.17) is 4.42 Å². The maximum absolute atomic E-state index is 15.7. The third-order valence-corrected chi connectivity index (χ3v) is 6.69. The van der Waals surface area contributed by atoms with E-state index in [1.165, 1.54) is 22.6 Å². The molecule has 6 rings (SSSR count). The Morgan fingerprint density at radius 1 is 1.14 bits per heavy atom. The van der Waals surface area contributed by atoms with Crippen molar-refractivity contribution < 1.29 is 13.2 Å². The summed E-state index contributed by atoms with van der Waals surface area (Å²) >= 11 is 0. The highest BCUT2D eigenvalue weighted by Gasteiger charge is 2.26. The van der Waals surface area contributed by atoms with Crippen LogP contribution in [0.5, 0.6) is 0 Å². The lowest BCUT2D eigenvalue weighted by Crippen LogP contribution is -2.50. The normalized spacial score (nSPS) is 16.6. The average molecular weight is 491 g/mol. The van der Waals surface area contributed by atoms with Gasteiger partial charge in [0, 0.05) is 37.9 Å². The lowest BCUT2D eigenvalue weighted by Gasteiger charge is -2.35. The number of piperazine rings is 1. The molecule has 1 atom stereocenters. The van der Waals surface area contributed by atoms with Gasteiger partial charge >= 0.3 is 5.69 Å². The second-order valence-electron chi connectivity index (χ2n) is 9.40. The number of anilines is 1. The van der Waals surface area contributed by atoms with E-state index in [2.05, 4.69) is 20.3 Å². The summed E-state index contributed by atoms with van der Waals surface area (Å²) in [4.78, 5) is 29.2. The molecule has 5 heterocycles. The number of rotatable bonds is 2. The number of pyridine rings is 2. The average Bonchev–Trinajstić information content (AvgIpc) is 2.90. The lowest BCUT2D eigenvalue weighted by molar-refractivity contribution is 0.497. The molecule has 0 amide bonds. The minimum Gasteiger partial charge on any atom is -0.454 e. The van der Waals surface area contributed by atoms with Gasteiger partial charge in [0.2, 0.25) is 0 Å². The predicted octanol–water partition coefficient (Wildman–Crippen LogP) is 4.30. The standard InChI is InChI=1S/C26H24F2N6O2/c1-13(2)21-23-19(7-8-30-21)36-18-6-4-5-16(27)20(18)22-17(28)11-15-24(33-10-9-29-12-14(33)3)32-26(35)34(23)25(15)31-22/h4-8,11,13-14,29H,9-10,12H2,1-3H3/t14-/m0/s1. The molecule has 1 aromatic carbocycles. The number of benzene rings is 1. The maximum Gasteiger partial charge on any atom is 0.356 e. The molecule has 0 spiro atoms. The Balaban J connectivity index is 1.94. The van der Waals surface area contributed by atoms with Crippen LogP contribution in [-0.4, -0.2) is 45.0 Å². The second-order valence-corrected chi connectivity index (χ2v) is 9.40. The fraction of sp³-hybridized carbons (Fsp3) is 0.308. The van der Waals surface area contributed by atoms with Crippen molar-refractivity contribution in [2.24, 2.45) is 0 Å². The third-order valence-electron chi connectivity index (χ3n) is 6.69. The van der Waals surface area contributed by atoms with Crippen LogP contribution in [-0.2, 0) is 0 Å². The van der Waals surface area contributed by atoms with Gasteiger partial charge in [-0.3, -0.25) is 4.98 Å². The van der Waals surface area contributed by atoms with Gasteiger partial charge in [-0.2, -0.15) is 4.98 Å². The summed E-state index contributed by atoms with van der Waals surface area (Å²) in [5.74, 6) is -1.16. The Kier molecular flexibility index (Phi) is 5.22. The number of halogens is 2. The molecule has 10 heteroatoms. The molecular weight excluding hydrogens is 466 g/mol. The van der Waals surface area contributed by atoms with E-state index in [9.17, 15) is 4.79 Å². The highest BCUT2D eigenvalue weighted by Crippen LogP contribution is 2.32. The minimum absolute atomic E-state index is 0.0183. The summed E-state index contributed by atoms with van der Waals surface area (Å²) in [6, 6.07) is 7.17. The summed E-state index contributed by atoms with van der Waals surface area (Å²) in [5, 5.41) is 3.55. The molecule has 36 heavy (non-hydrogen) atoms. The van der Waals surface area contributed by atoms with Gasteiger partial charge in [0.1, 0.15) is 28.3 Å². The minimum atomic E-state index is -0.735. The monoisotopic (exact) mass is 490 g/mol. The van der Waals surface area contributed by atoms with Gasteiger partial charge in [-0.25, -0.2) is 23.0 Å². The molecule has 2 bridgehead atoms. The summed E-state index contributed by atoms with van der Waals surface area (Å²) in [6.45, 7) is 7.87. The van der Waals surface area contributed by atoms with Gasteiger partial charge in [0.05, 0.1) is 16.5 Å². The van der Waals surface area contributed by atoms with Crippen molar-refractivity contribution in [1.29, 1.82) is 0 Å². The quantitative estimate of drug-likeness (QED) is 0.395. The number of nitrogens with one attached hydrogen (secondary N) is 1. The number of hydrogen-bond donors (Lipinski definition) is 1. The van der Waals surface area contributed by atoms with Gasteiger partial charge in [-0.15, -0.1) is 0 Å². The van der Waals surface area contributed by atoms with Gasteiger partial charge in [0.15, 0.2) is 17.0 Å². The zero-order valence-electron chi connectivity index (χ0n) is 20.0. The second kappa shape index (κ2) is 8.34. The van der Waals surface area contributed by atoms with Crippen LogP contribution in [0, 0.1) is 11.6 Å². The summed E-state index contributed by atoms with van der Waals surface area (Å²) in [5.41, 5.74) is 0.639. The molecule has 1 fully saturated rings. The zero-order valence-corrected chi connectivity index (χ0v) is 20.0. The molecule has 4 aromatic heterocycles. The Hall–Kier alpha value is -3.92. The highest BCUT2D eigenvalue weighted by atomic mass is 19.1. The Morgan fingerprint density at radius 3 is 2.75 bits per heavy atom. The van der Waals surface area contributed by atoms with Crippen LogP contribution in [0.15, 0.2) is 45.7 Å². The Bertz CT molecular complexity index is 1760. The van der Waals surface area contributed by atoms with E-state index in [-0.39, 0.29) is 39.7 Å². The van der Waals surface area contributed by atoms with Crippen molar-refractivity contribution in [3.8, 4) is 0 Å². The largest absolute Gasteiger partial charge is 0.454 e. The molecule has 1 N–H and O–H groups in total. The molecular formula is C26H24F2N6O2. The third kappa shape index (κ3) is 3.35. The smallest absolute Gasteiger partial charge is 0.356 e.